The van der Waals surface area contributed by atoms with Crippen LogP contribution in [0, 0.1) is 6.92 Å². The second-order valence-electron chi connectivity index (χ2n) is 3.10. The van der Waals surface area contributed by atoms with E-state index in [2.05, 4.69) is 11.6 Å². The van der Waals surface area contributed by atoms with Crippen LogP contribution in [0.15, 0.2) is 12.1 Å². The van der Waals surface area contributed by atoms with Crippen molar-refractivity contribution in [2.45, 2.75) is 18.4 Å². The quantitative estimate of drug-likeness (QED) is 0.804. The van der Waals surface area contributed by atoms with Crippen molar-refractivity contribution in [2.75, 3.05) is 0 Å². The standard InChI is InChI=1S/C6H7NS.C2H6O6S2/c1-3-6-5(2)7-4-8-6;1-2(9(3,4)5)10(6,7)8/h3-4H,1H2,2H3;2H,1H3,(H,3,4,5)(H,6,7,8). The van der Waals surface area contributed by atoms with Gasteiger partial charge in [0.05, 0.1) is 11.2 Å². The third-order valence-corrected chi connectivity index (χ3v) is 5.87. The van der Waals surface area contributed by atoms with Gasteiger partial charge in [0.1, 0.15) is 0 Å². The second-order valence-corrected chi connectivity index (χ2v) is 7.76. The lowest BCUT2D eigenvalue weighted by molar-refractivity contribution is 0.458. The van der Waals surface area contributed by atoms with Gasteiger partial charge in [0.2, 0.25) is 4.58 Å². The van der Waals surface area contributed by atoms with E-state index in [0.29, 0.717) is 6.92 Å². The zero-order chi connectivity index (χ0) is 14.6. The Labute approximate surface area is 110 Å². The number of aryl methyl sites for hydroxylation is 1. The third kappa shape index (κ3) is 5.69. The normalized spacial score (nSPS) is 11.8. The highest BCUT2D eigenvalue weighted by atomic mass is 32.3. The number of hydrogen-bond acceptors (Lipinski definition) is 6. The molecule has 0 saturated heterocycles. The minimum absolute atomic E-state index is 0.657. The molecule has 0 aromatic carbocycles. The average Bonchev–Trinajstić information content (AvgIpc) is 2.61. The van der Waals surface area contributed by atoms with Crippen LogP contribution in [0.4, 0.5) is 0 Å². The summed E-state index contributed by atoms with van der Waals surface area (Å²) in [6, 6.07) is 0. The van der Waals surface area contributed by atoms with Crippen LogP contribution < -0.4 is 0 Å². The number of aromatic nitrogens is 1. The SMILES string of the molecule is C=Cc1scnc1C.CC(S(=O)(=O)O)S(=O)(=O)O. The minimum atomic E-state index is -4.70. The highest BCUT2D eigenvalue weighted by molar-refractivity contribution is 8.03. The number of nitrogens with zero attached hydrogens (tertiary/aromatic N) is 1. The van der Waals surface area contributed by atoms with Crippen molar-refractivity contribution < 1.29 is 25.9 Å². The first-order chi connectivity index (χ1) is 8.00. The molecule has 1 aromatic heterocycles. The first-order valence-corrected chi connectivity index (χ1v) is 8.34. The number of rotatable bonds is 3. The van der Waals surface area contributed by atoms with E-state index in [4.69, 9.17) is 9.11 Å². The molecule has 0 bridgehead atoms. The van der Waals surface area contributed by atoms with Gasteiger partial charge in [0.15, 0.2) is 0 Å². The van der Waals surface area contributed by atoms with Crippen LogP contribution in [0.25, 0.3) is 6.08 Å². The maximum Gasteiger partial charge on any atom is 0.284 e. The van der Waals surface area contributed by atoms with E-state index >= 15 is 0 Å². The van der Waals surface area contributed by atoms with Gasteiger partial charge in [-0.15, -0.1) is 11.3 Å². The Balaban J connectivity index is 0.000000327. The van der Waals surface area contributed by atoms with Gasteiger partial charge in [-0.1, -0.05) is 12.7 Å². The van der Waals surface area contributed by atoms with Crippen molar-refractivity contribution in [3.63, 3.8) is 0 Å². The fourth-order valence-corrected chi connectivity index (χ4v) is 2.53. The molecule has 0 fully saturated rings. The predicted octanol–water partition coefficient (Wildman–Crippen LogP) is 1.20. The molecule has 0 unspecified atom stereocenters. The molecule has 0 saturated carbocycles. The summed E-state index contributed by atoms with van der Waals surface area (Å²) in [4.78, 5) is 5.21. The summed E-state index contributed by atoms with van der Waals surface area (Å²) in [6.45, 7) is 6.27. The van der Waals surface area contributed by atoms with Gasteiger partial charge in [-0.2, -0.15) is 16.8 Å². The Bertz CT molecular complexity index is 569. The maximum atomic E-state index is 9.99. The Morgan fingerprint density at radius 3 is 1.89 bits per heavy atom. The molecule has 1 heterocycles. The average molecular weight is 315 g/mol. The lowest BCUT2D eigenvalue weighted by atomic mass is 10.4. The third-order valence-electron chi connectivity index (χ3n) is 1.81. The van der Waals surface area contributed by atoms with Crippen LogP contribution in [0.5, 0.6) is 0 Å². The molecule has 104 valence electrons. The fourth-order valence-electron chi connectivity index (χ4n) is 0.661. The summed E-state index contributed by atoms with van der Waals surface area (Å²) in [5.74, 6) is 0. The molecule has 10 heteroatoms. The molecule has 0 aliphatic heterocycles. The molecular weight excluding hydrogens is 302 g/mol. The van der Waals surface area contributed by atoms with E-state index in [1.54, 1.807) is 11.3 Å². The monoisotopic (exact) mass is 315 g/mol. The lowest BCUT2D eigenvalue weighted by Crippen LogP contribution is -2.25. The summed E-state index contributed by atoms with van der Waals surface area (Å²) in [5, 5.41) is 0. The van der Waals surface area contributed by atoms with Crippen molar-refractivity contribution in [1.29, 1.82) is 0 Å². The first kappa shape index (κ1) is 17.2. The molecule has 1 aromatic rings. The van der Waals surface area contributed by atoms with Crippen LogP contribution in [0.3, 0.4) is 0 Å². The van der Waals surface area contributed by atoms with Gasteiger partial charge in [-0.3, -0.25) is 9.11 Å². The lowest BCUT2D eigenvalue weighted by Gasteiger charge is -2.01. The maximum absolute atomic E-state index is 9.99. The van der Waals surface area contributed by atoms with Crippen molar-refractivity contribution in [2.24, 2.45) is 0 Å². The van der Waals surface area contributed by atoms with Crippen LogP contribution in [-0.2, 0) is 20.2 Å². The Kier molecular flexibility index (Phi) is 6.10. The zero-order valence-corrected chi connectivity index (χ0v) is 12.1. The largest absolute Gasteiger partial charge is 0.284 e. The Morgan fingerprint density at radius 1 is 1.33 bits per heavy atom. The summed E-state index contributed by atoms with van der Waals surface area (Å²) < 4.78 is 53.9. The first-order valence-electron chi connectivity index (χ1n) is 4.45. The van der Waals surface area contributed by atoms with E-state index in [-0.39, 0.29) is 0 Å². The van der Waals surface area contributed by atoms with Gasteiger partial charge < -0.3 is 0 Å². The number of thiazole rings is 1. The van der Waals surface area contributed by atoms with Crippen LogP contribution in [0.2, 0.25) is 0 Å². The molecule has 0 amide bonds. The molecule has 1 rings (SSSR count). The van der Waals surface area contributed by atoms with Crippen molar-refractivity contribution >= 4 is 37.6 Å². The highest BCUT2D eigenvalue weighted by Gasteiger charge is 2.29. The molecule has 0 spiro atoms. The summed E-state index contributed by atoms with van der Waals surface area (Å²) >= 11 is 1.62. The topological polar surface area (TPSA) is 122 Å². The Hall–Kier alpha value is -0.810. The van der Waals surface area contributed by atoms with Gasteiger partial charge in [-0.05, 0) is 13.8 Å². The van der Waals surface area contributed by atoms with Crippen LogP contribution >= 0.6 is 11.3 Å². The number of hydrogen-bond donors (Lipinski definition) is 2. The molecule has 7 nitrogen and oxygen atoms in total. The van der Waals surface area contributed by atoms with Gasteiger partial charge >= 0.3 is 0 Å². The van der Waals surface area contributed by atoms with Crippen LogP contribution in [-0.4, -0.2) is 35.5 Å². The smallest absolute Gasteiger partial charge is 0.284 e. The van der Waals surface area contributed by atoms with E-state index in [0.717, 1.165) is 5.69 Å². The van der Waals surface area contributed by atoms with E-state index < -0.39 is 24.8 Å². The predicted molar refractivity (Wildman–Crippen MR) is 69.5 cm³/mol. The fraction of sp³-hybridized carbons (Fsp3) is 0.375. The zero-order valence-electron chi connectivity index (χ0n) is 9.64. The molecule has 0 radical (unpaired) electrons. The summed E-state index contributed by atoms with van der Waals surface area (Å²) in [7, 11) is -9.40. The molecular formula is C8H13NO6S3. The van der Waals surface area contributed by atoms with E-state index in [1.165, 1.54) is 4.88 Å². The van der Waals surface area contributed by atoms with Crippen LogP contribution in [0.1, 0.15) is 17.5 Å². The minimum Gasteiger partial charge on any atom is -0.284 e. The second kappa shape index (κ2) is 6.38. The van der Waals surface area contributed by atoms with Gasteiger partial charge in [0.25, 0.3) is 20.2 Å². The highest BCUT2D eigenvalue weighted by Crippen LogP contribution is 2.11. The molecule has 2 N–H and O–H groups in total. The molecule has 0 aliphatic carbocycles. The summed E-state index contributed by atoms with van der Waals surface area (Å²) in [5.41, 5.74) is 2.90. The summed E-state index contributed by atoms with van der Waals surface area (Å²) in [6.07, 6.45) is 1.83. The Morgan fingerprint density at radius 2 is 1.78 bits per heavy atom. The van der Waals surface area contributed by atoms with Gasteiger partial charge in [-0.25, -0.2) is 4.98 Å². The van der Waals surface area contributed by atoms with E-state index in [1.807, 2.05) is 18.5 Å². The van der Waals surface area contributed by atoms with Crippen molar-refractivity contribution in [3.05, 3.63) is 22.7 Å². The van der Waals surface area contributed by atoms with Crippen molar-refractivity contribution in [3.8, 4) is 0 Å². The van der Waals surface area contributed by atoms with E-state index in [9.17, 15) is 16.8 Å². The molecule has 0 atom stereocenters. The van der Waals surface area contributed by atoms with Crippen molar-refractivity contribution in [1.82, 2.24) is 4.98 Å². The molecule has 0 aliphatic rings. The molecule has 18 heavy (non-hydrogen) atoms. The van der Waals surface area contributed by atoms with Gasteiger partial charge in [0, 0.05) is 4.88 Å².